The molecule has 1 aromatic carbocycles. The van der Waals surface area contributed by atoms with E-state index >= 15 is 0 Å². The number of rotatable bonds is 7. The van der Waals surface area contributed by atoms with Gasteiger partial charge in [0, 0.05) is 19.1 Å². The van der Waals surface area contributed by atoms with Crippen LogP contribution in [-0.4, -0.2) is 23.4 Å². The highest BCUT2D eigenvalue weighted by molar-refractivity contribution is 5.80. The number of hydrogen-bond donors (Lipinski definition) is 1. The molecule has 1 unspecified atom stereocenters. The first-order chi connectivity index (χ1) is 10.1. The van der Waals surface area contributed by atoms with Gasteiger partial charge in [-0.25, -0.2) is 0 Å². The number of nitrogens with two attached hydrogens (primary N) is 1. The summed E-state index contributed by atoms with van der Waals surface area (Å²) in [5, 5.41) is 0. The van der Waals surface area contributed by atoms with Gasteiger partial charge in [-0.05, 0) is 36.3 Å². The van der Waals surface area contributed by atoms with E-state index in [9.17, 15) is 4.79 Å². The van der Waals surface area contributed by atoms with Gasteiger partial charge >= 0.3 is 0 Å². The molecular weight excluding hydrogens is 260 g/mol. The highest BCUT2D eigenvalue weighted by Crippen LogP contribution is 2.30. The second-order valence-corrected chi connectivity index (χ2v) is 6.45. The largest absolute Gasteiger partial charge is 0.335 e. The molecule has 1 aliphatic rings. The Hall–Kier alpha value is -1.35. The maximum absolute atomic E-state index is 12.8. The van der Waals surface area contributed by atoms with Crippen LogP contribution in [0.15, 0.2) is 24.3 Å². The predicted molar refractivity (Wildman–Crippen MR) is 86.8 cm³/mol. The lowest BCUT2D eigenvalue weighted by atomic mass is 9.94. The SMILES string of the molecule is CCc1ccc(CN(C(=O)C(CN)C(C)C)C2CC2)cc1. The van der Waals surface area contributed by atoms with Crippen LogP contribution in [0.3, 0.4) is 0 Å². The van der Waals surface area contributed by atoms with Gasteiger partial charge in [0.05, 0.1) is 5.92 Å². The van der Waals surface area contributed by atoms with Crippen molar-refractivity contribution < 1.29 is 4.79 Å². The van der Waals surface area contributed by atoms with E-state index in [2.05, 4.69) is 49.9 Å². The van der Waals surface area contributed by atoms with Gasteiger partial charge < -0.3 is 10.6 Å². The minimum absolute atomic E-state index is 0.0551. The molecule has 1 fully saturated rings. The zero-order valence-electron chi connectivity index (χ0n) is 13.5. The number of carbonyl (C=O) groups is 1. The average Bonchev–Trinajstić information content (AvgIpc) is 3.30. The Labute approximate surface area is 128 Å². The molecular formula is C18H28N2O. The Balaban J connectivity index is 2.09. The van der Waals surface area contributed by atoms with Crippen molar-refractivity contribution in [3.05, 3.63) is 35.4 Å². The van der Waals surface area contributed by atoms with Crippen LogP contribution in [0, 0.1) is 11.8 Å². The van der Waals surface area contributed by atoms with E-state index in [1.807, 2.05) is 0 Å². The predicted octanol–water partition coefficient (Wildman–Crippen LogP) is 2.97. The van der Waals surface area contributed by atoms with Crippen molar-refractivity contribution in [1.82, 2.24) is 4.90 Å². The van der Waals surface area contributed by atoms with Crippen LogP contribution in [0.5, 0.6) is 0 Å². The Morgan fingerprint density at radius 3 is 2.24 bits per heavy atom. The lowest BCUT2D eigenvalue weighted by Crippen LogP contribution is -2.42. The van der Waals surface area contributed by atoms with Crippen molar-refractivity contribution >= 4 is 5.91 Å². The third-order valence-corrected chi connectivity index (χ3v) is 4.43. The van der Waals surface area contributed by atoms with Crippen LogP contribution in [0.25, 0.3) is 0 Å². The van der Waals surface area contributed by atoms with Gasteiger partial charge in [-0.3, -0.25) is 4.79 Å². The lowest BCUT2D eigenvalue weighted by molar-refractivity contribution is -0.137. The van der Waals surface area contributed by atoms with E-state index in [1.165, 1.54) is 11.1 Å². The zero-order chi connectivity index (χ0) is 15.4. The van der Waals surface area contributed by atoms with Gasteiger partial charge in [-0.1, -0.05) is 45.0 Å². The molecule has 0 bridgehead atoms. The fourth-order valence-corrected chi connectivity index (χ4v) is 2.72. The first-order valence-corrected chi connectivity index (χ1v) is 8.15. The summed E-state index contributed by atoms with van der Waals surface area (Å²) in [6.07, 6.45) is 3.32. The molecule has 0 aliphatic heterocycles. The van der Waals surface area contributed by atoms with Crippen LogP contribution in [-0.2, 0) is 17.8 Å². The summed E-state index contributed by atoms with van der Waals surface area (Å²) in [5.41, 5.74) is 8.37. The minimum atomic E-state index is -0.0551. The van der Waals surface area contributed by atoms with Gasteiger partial charge in [0.25, 0.3) is 0 Å². The number of aryl methyl sites for hydroxylation is 1. The van der Waals surface area contributed by atoms with E-state index in [-0.39, 0.29) is 11.8 Å². The number of hydrogen-bond acceptors (Lipinski definition) is 2. The summed E-state index contributed by atoms with van der Waals surface area (Å²) in [6, 6.07) is 9.04. The molecule has 1 atom stereocenters. The summed E-state index contributed by atoms with van der Waals surface area (Å²) < 4.78 is 0. The summed E-state index contributed by atoms with van der Waals surface area (Å²) >= 11 is 0. The fourth-order valence-electron chi connectivity index (χ4n) is 2.72. The second-order valence-electron chi connectivity index (χ2n) is 6.45. The highest BCUT2D eigenvalue weighted by Gasteiger charge is 2.36. The number of carbonyl (C=O) groups excluding carboxylic acids is 1. The number of nitrogens with zero attached hydrogens (tertiary/aromatic N) is 1. The maximum Gasteiger partial charge on any atom is 0.227 e. The summed E-state index contributed by atoms with van der Waals surface area (Å²) in [7, 11) is 0. The van der Waals surface area contributed by atoms with Crippen LogP contribution in [0.2, 0.25) is 0 Å². The van der Waals surface area contributed by atoms with Crippen molar-refractivity contribution in [2.75, 3.05) is 6.54 Å². The number of amides is 1. The molecule has 1 aliphatic carbocycles. The van der Waals surface area contributed by atoms with Gasteiger partial charge in [-0.2, -0.15) is 0 Å². The molecule has 0 saturated heterocycles. The van der Waals surface area contributed by atoms with Gasteiger partial charge in [0.1, 0.15) is 0 Å². The summed E-state index contributed by atoms with van der Waals surface area (Å²) in [5.74, 6) is 0.473. The Morgan fingerprint density at radius 2 is 1.81 bits per heavy atom. The molecule has 2 rings (SSSR count). The van der Waals surface area contributed by atoms with Crippen LogP contribution >= 0.6 is 0 Å². The first kappa shape index (κ1) is 16.0. The standard InChI is InChI=1S/C18H28N2O/c1-4-14-5-7-15(8-6-14)12-20(16-9-10-16)18(21)17(11-19)13(2)3/h5-8,13,16-17H,4,9-12,19H2,1-3H3. The normalized spacial score (nSPS) is 16.0. The van der Waals surface area contributed by atoms with E-state index < -0.39 is 0 Å². The van der Waals surface area contributed by atoms with Crippen molar-refractivity contribution in [3.8, 4) is 0 Å². The zero-order valence-corrected chi connectivity index (χ0v) is 13.5. The molecule has 0 radical (unpaired) electrons. The van der Waals surface area contributed by atoms with Gasteiger partial charge in [0.15, 0.2) is 0 Å². The molecule has 1 aromatic rings. The highest BCUT2D eigenvalue weighted by atomic mass is 16.2. The summed E-state index contributed by atoms with van der Waals surface area (Å²) in [4.78, 5) is 14.8. The Morgan fingerprint density at radius 1 is 1.24 bits per heavy atom. The van der Waals surface area contributed by atoms with Crippen LogP contribution in [0.1, 0.15) is 44.7 Å². The summed E-state index contributed by atoms with van der Waals surface area (Å²) in [6.45, 7) is 7.47. The molecule has 0 aromatic heterocycles. The molecule has 21 heavy (non-hydrogen) atoms. The molecule has 116 valence electrons. The smallest absolute Gasteiger partial charge is 0.227 e. The minimum Gasteiger partial charge on any atom is -0.335 e. The van der Waals surface area contributed by atoms with E-state index in [0.717, 1.165) is 25.8 Å². The fraction of sp³-hybridized carbons (Fsp3) is 0.611. The van der Waals surface area contributed by atoms with E-state index in [0.29, 0.717) is 18.5 Å². The topological polar surface area (TPSA) is 46.3 Å². The number of benzene rings is 1. The van der Waals surface area contributed by atoms with Gasteiger partial charge in [-0.15, -0.1) is 0 Å². The van der Waals surface area contributed by atoms with Crippen molar-refractivity contribution in [3.63, 3.8) is 0 Å². The molecule has 3 nitrogen and oxygen atoms in total. The Kier molecular flexibility index (Phi) is 5.40. The molecule has 3 heteroatoms. The molecule has 1 saturated carbocycles. The van der Waals surface area contributed by atoms with Crippen LogP contribution < -0.4 is 5.73 Å². The molecule has 1 amide bonds. The third kappa shape index (κ3) is 4.07. The van der Waals surface area contributed by atoms with Crippen LogP contribution in [0.4, 0.5) is 0 Å². The average molecular weight is 288 g/mol. The molecule has 2 N–H and O–H groups in total. The Bertz CT molecular complexity index is 463. The van der Waals surface area contributed by atoms with Gasteiger partial charge in [0.2, 0.25) is 5.91 Å². The second kappa shape index (κ2) is 7.08. The first-order valence-electron chi connectivity index (χ1n) is 8.15. The maximum atomic E-state index is 12.8. The van der Waals surface area contributed by atoms with Crippen molar-refractivity contribution in [2.24, 2.45) is 17.6 Å². The van der Waals surface area contributed by atoms with E-state index in [4.69, 9.17) is 5.73 Å². The monoisotopic (exact) mass is 288 g/mol. The van der Waals surface area contributed by atoms with Crippen molar-refractivity contribution in [1.29, 1.82) is 0 Å². The lowest BCUT2D eigenvalue weighted by Gasteiger charge is -2.29. The van der Waals surface area contributed by atoms with E-state index in [1.54, 1.807) is 0 Å². The quantitative estimate of drug-likeness (QED) is 0.838. The molecule has 0 heterocycles. The molecule has 0 spiro atoms. The third-order valence-electron chi connectivity index (χ3n) is 4.43. The van der Waals surface area contributed by atoms with Crippen molar-refractivity contribution in [2.45, 2.75) is 52.6 Å².